The van der Waals surface area contributed by atoms with Crippen LogP contribution in [0.5, 0.6) is 0 Å². The third-order valence-corrected chi connectivity index (χ3v) is 3.45. The average molecular weight is 271 g/mol. The van der Waals surface area contributed by atoms with Crippen molar-refractivity contribution in [3.63, 3.8) is 0 Å². The molecule has 1 fully saturated rings. The van der Waals surface area contributed by atoms with E-state index in [4.69, 9.17) is 4.74 Å². The summed E-state index contributed by atoms with van der Waals surface area (Å²) in [4.78, 5) is 25.4. The molecule has 0 radical (unpaired) electrons. The highest BCUT2D eigenvalue weighted by molar-refractivity contribution is 5.97. The summed E-state index contributed by atoms with van der Waals surface area (Å²) >= 11 is 0. The normalized spacial score (nSPS) is 22.1. The lowest BCUT2D eigenvalue weighted by Crippen LogP contribution is -2.50. The Morgan fingerprint density at radius 3 is 2.53 bits per heavy atom. The quantitative estimate of drug-likeness (QED) is 0.791. The van der Waals surface area contributed by atoms with Gasteiger partial charge in [-0.05, 0) is 25.2 Å². The van der Waals surface area contributed by atoms with Crippen LogP contribution in [0.2, 0.25) is 0 Å². The van der Waals surface area contributed by atoms with E-state index in [-0.39, 0.29) is 12.0 Å². The summed E-state index contributed by atoms with van der Waals surface area (Å²) in [7, 11) is 0. The molecule has 1 N–H and O–H groups in total. The van der Waals surface area contributed by atoms with Crippen LogP contribution in [0.1, 0.15) is 40.5 Å². The number of carbonyl (C=O) groups is 2. The largest absolute Gasteiger partial charge is 0.481 e. The van der Waals surface area contributed by atoms with Crippen molar-refractivity contribution < 1.29 is 19.4 Å². The van der Waals surface area contributed by atoms with E-state index in [1.165, 1.54) is 0 Å². The molecule has 1 rings (SSSR count). The molecule has 1 amide bonds. The Kier molecular flexibility index (Phi) is 5.35. The maximum atomic E-state index is 12.4. The number of hydrogen-bond acceptors (Lipinski definition) is 3. The molecule has 1 heterocycles. The lowest BCUT2D eigenvalue weighted by atomic mass is 9.79. The summed E-state index contributed by atoms with van der Waals surface area (Å²) in [6.45, 7) is 9.04. The predicted molar refractivity (Wildman–Crippen MR) is 71.8 cm³/mol. The molecule has 0 aromatic rings. The Labute approximate surface area is 114 Å². The number of amides is 1. The first-order chi connectivity index (χ1) is 8.77. The van der Waals surface area contributed by atoms with Gasteiger partial charge in [-0.15, -0.1) is 0 Å². The second-order valence-electron chi connectivity index (χ2n) is 6.14. The van der Waals surface area contributed by atoms with Crippen LogP contribution in [-0.4, -0.2) is 47.7 Å². The molecule has 1 aliphatic heterocycles. The van der Waals surface area contributed by atoms with Gasteiger partial charge in [-0.25, -0.2) is 0 Å². The number of nitrogens with zero attached hydrogens (tertiary/aromatic N) is 1. The molecule has 0 aromatic heterocycles. The second kappa shape index (κ2) is 6.37. The Morgan fingerprint density at radius 2 is 2.05 bits per heavy atom. The van der Waals surface area contributed by atoms with Gasteiger partial charge in [0.1, 0.15) is 5.92 Å². The lowest BCUT2D eigenvalue weighted by Gasteiger charge is -2.36. The number of aliphatic carboxylic acids is 1. The van der Waals surface area contributed by atoms with Crippen molar-refractivity contribution in [3.8, 4) is 0 Å². The van der Waals surface area contributed by atoms with E-state index < -0.39 is 17.3 Å². The summed E-state index contributed by atoms with van der Waals surface area (Å²) in [5.74, 6) is -2.33. The van der Waals surface area contributed by atoms with Crippen molar-refractivity contribution in [2.45, 2.75) is 46.6 Å². The smallest absolute Gasteiger partial charge is 0.316 e. The molecule has 2 atom stereocenters. The van der Waals surface area contributed by atoms with Crippen LogP contribution < -0.4 is 0 Å². The van der Waals surface area contributed by atoms with Crippen LogP contribution in [0.15, 0.2) is 0 Å². The minimum Gasteiger partial charge on any atom is -0.481 e. The van der Waals surface area contributed by atoms with Crippen LogP contribution in [0, 0.1) is 11.3 Å². The topological polar surface area (TPSA) is 66.8 Å². The van der Waals surface area contributed by atoms with Gasteiger partial charge in [-0.2, -0.15) is 0 Å². The van der Waals surface area contributed by atoms with Crippen LogP contribution in [-0.2, 0) is 14.3 Å². The Morgan fingerprint density at radius 1 is 1.42 bits per heavy atom. The second-order valence-corrected chi connectivity index (χ2v) is 6.14. The van der Waals surface area contributed by atoms with Crippen LogP contribution in [0.4, 0.5) is 0 Å². The van der Waals surface area contributed by atoms with Crippen LogP contribution >= 0.6 is 0 Å². The molecule has 1 aliphatic rings. The molecule has 0 spiro atoms. The number of carbonyl (C=O) groups excluding carboxylic acids is 1. The van der Waals surface area contributed by atoms with Gasteiger partial charge < -0.3 is 14.7 Å². The number of rotatable bonds is 4. The average Bonchev–Trinajstić information content (AvgIpc) is 2.27. The van der Waals surface area contributed by atoms with E-state index in [9.17, 15) is 14.7 Å². The van der Waals surface area contributed by atoms with Crippen molar-refractivity contribution in [1.82, 2.24) is 4.90 Å². The third kappa shape index (κ3) is 4.20. The fraction of sp³-hybridized carbons (Fsp3) is 0.857. The molecule has 5 nitrogen and oxygen atoms in total. The van der Waals surface area contributed by atoms with Crippen molar-refractivity contribution >= 4 is 11.9 Å². The fourth-order valence-corrected chi connectivity index (χ4v) is 2.54. The van der Waals surface area contributed by atoms with Crippen LogP contribution in [0.3, 0.4) is 0 Å². The number of hydrogen-bond donors (Lipinski definition) is 1. The van der Waals surface area contributed by atoms with Gasteiger partial charge >= 0.3 is 5.97 Å². The maximum absolute atomic E-state index is 12.4. The van der Waals surface area contributed by atoms with Gasteiger partial charge in [-0.3, -0.25) is 9.59 Å². The first-order valence-corrected chi connectivity index (χ1v) is 6.90. The van der Waals surface area contributed by atoms with E-state index in [0.29, 0.717) is 19.7 Å². The molecular formula is C14H25NO4. The van der Waals surface area contributed by atoms with Crippen LogP contribution in [0.25, 0.3) is 0 Å². The van der Waals surface area contributed by atoms with E-state index in [2.05, 4.69) is 0 Å². The maximum Gasteiger partial charge on any atom is 0.316 e. The third-order valence-electron chi connectivity index (χ3n) is 3.45. The number of likely N-dealkylation sites (tertiary alicyclic amines) is 1. The minimum absolute atomic E-state index is 0.0390. The molecule has 19 heavy (non-hydrogen) atoms. The Balaban J connectivity index is 2.77. The highest BCUT2D eigenvalue weighted by Gasteiger charge is 2.41. The number of piperidine rings is 1. The van der Waals surface area contributed by atoms with E-state index in [1.54, 1.807) is 25.7 Å². The molecule has 110 valence electrons. The number of ether oxygens (including phenoxy) is 1. The van der Waals surface area contributed by atoms with E-state index >= 15 is 0 Å². The summed E-state index contributed by atoms with van der Waals surface area (Å²) in [6.07, 6.45) is 1.84. The molecule has 0 bridgehead atoms. The molecular weight excluding hydrogens is 246 g/mol. The molecule has 2 unspecified atom stereocenters. The summed E-state index contributed by atoms with van der Waals surface area (Å²) in [5, 5.41) is 9.30. The first kappa shape index (κ1) is 16.0. The zero-order valence-corrected chi connectivity index (χ0v) is 12.3. The van der Waals surface area contributed by atoms with Gasteiger partial charge in [0, 0.05) is 19.7 Å². The highest BCUT2D eigenvalue weighted by atomic mass is 16.5. The van der Waals surface area contributed by atoms with Crippen molar-refractivity contribution in [2.24, 2.45) is 11.3 Å². The summed E-state index contributed by atoms with van der Waals surface area (Å²) < 4.78 is 5.55. The highest BCUT2D eigenvalue weighted by Crippen LogP contribution is 2.29. The molecule has 1 saturated heterocycles. The lowest BCUT2D eigenvalue weighted by molar-refractivity contribution is -0.158. The number of carboxylic acid groups (broad SMARTS) is 1. The Bertz CT molecular complexity index is 333. The zero-order chi connectivity index (χ0) is 14.6. The SMILES string of the molecule is CCOC1CCCN(C(=O)C(C(=O)O)C(C)(C)C)C1. The Hall–Kier alpha value is -1.10. The minimum atomic E-state index is -1.05. The van der Waals surface area contributed by atoms with Gasteiger partial charge in [0.05, 0.1) is 6.10 Å². The van der Waals surface area contributed by atoms with Crippen molar-refractivity contribution in [3.05, 3.63) is 0 Å². The molecule has 0 aliphatic carbocycles. The molecule has 0 saturated carbocycles. The standard InChI is InChI=1S/C14H25NO4/c1-5-19-10-7-6-8-15(9-10)12(16)11(13(17)18)14(2,3)4/h10-11H,5-9H2,1-4H3,(H,17,18). The monoisotopic (exact) mass is 271 g/mol. The predicted octanol–water partition coefficient (Wildman–Crippen LogP) is 1.76. The van der Waals surface area contributed by atoms with Crippen molar-refractivity contribution in [1.29, 1.82) is 0 Å². The molecule has 5 heteroatoms. The van der Waals surface area contributed by atoms with Crippen molar-refractivity contribution in [2.75, 3.05) is 19.7 Å². The first-order valence-electron chi connectivity index (χ1n) is 6.90. The van der Waals surface area contributed by atoms with E-state index in [0.717, 1.165) is 12.8 Å². The fourth-order valence-electron chi connectivity index (χ4n) is 2.54. The van der Waals surface area contributed by atoms with E-state index in [1.807, 2.05) is 6.92 Å². The zero-order valence-electron chi connectivity index (χ0n) is 12.3. The van der Waals surface area contributed by atoms with Gasteiger partial charge in [0.15, 0.2) is 0 Å². The number of carboxylic acids is 1. The van der Waals surface area contributed by atoms with Gasteiger partial charge in [-0.1, -0.05) is 20.8 Å². The molecule has 0 aromatic carbocycles. The summed E-state index contributed by atoms with van der Waals surface area (Å²) in [6, 6.07) is 0. The summed E-state index contributed by atoms with van der Waals surface area (Å²) in [5.41, 5.74) is -0.582. The van der Waals surface area contributed by atoms with Gasteiger partial charge in [0.25, 0.3) is 0 Å². The van der Waals surface area contributed by atoms with Gasteiger partial charge in [0.2, 0.25) is 5.91 Å².